The second kappa shape index (κ2) is 6.28. The Morgan fingerprint density at radius 1 is 1.20 bits per heavy atom. The first-order valence-corrected chi connectivity index (χ1v) is 6.42. The Balaban J connectivity index is 1.91. The largest absolute Gasteiger partial charge is 0.411 e. The number of alkyl halides is 3. The minimum absolute atomic E-state index is 0.0930. The third-order valence-electron chi connectivity index (χ3n) is 3.08. The van der Waals surface area contributed by atoms with E-state index in [9.17, 15) is 13.2 Å². The summed E-state index contributed by atoms with van der Waals surface area (Å²) in [4.78, 5) is 0. The number of aryl methyl sites for hydroxylation is 1. The second-order valence-corrected chi connectivity index (χ2v) is 4.58. The highest BCUT2D eigenvalue weighted by molar-refractivity contribution is 5.83. The van der Waals surface area contributed by atoms with Crippen LogP contribution in [0.1, 0.15) is 12.0 Å². The number of fused-ring (bicyclic) bond motifs is 1. The van der Waals surface area contributed by atoms with Crippen molar-refractivity contribution < 1.29 is 17.9 Å². The van der Waals surface area contributed by atoms with Crippen molar-refractivity contribution in [3.63, 3.8) is 0 Å². The second-order valence-electron chi connectivity index (χ2n) is 4.58. The molecular formula is C14H17F3N2O. The van der Waals surface area contributed by atoms with E-state index in [0.29, 0.717) is 19.5 Å². The van der Waals surface area contributed by atoms with Crippen LogP contribution in [0.15, 0.2) is 30.5 Å². The van der Waals surface area contributed by atoms with Crippen LogP contribution in [0.3, 0.4) is 0 Å². The SMILES string of the molecule is NCc1cccc2c1ccn2CCCOCC(F)(F)F. The van der Waals surface area contributed by atoms with E-state index in [-0.39, 0.29) is 6.61 Å². The number of ether oxygens (including phenoxy) is 1. The van der Waals surface area contributed by atoms with Crippen molar-refractivity contribution in [2.24, 2.45) is 5.73 Å². The molecule has 0 atom stereocenters. The van der Waals surface area contributed by atoms with Gasteiger partial charge in [0.15, 0.2) is 0 Å². The van der Waals surface area contributed by atoms with Crippen LogP contribution in [0.4, 0.5) is 13.2 Å². The molecule has 6 heteroatoms. The van der Waals surface area contributed by atoms with Crippen LogP contribution >= 0.6 is 0 Å². The van der Waals surface area contributed by atoms with Gasteiger partial charge in [-0.05, 0) is 24.1 Å². The zero-order valence-corrected chi connectivity index (χ0v) is 11.0. The van der Waals surface area contributed by atoms with E-state index in [1.807, 2.05) is 35.0 Å². The first-order valence-electron chi connectivity index (χ1n) is 6.42. The summed E-state index contributed by atoms with van der Waals surface area (Å²) in [7, 11) is 0. The molecule has 0 spiro atoms. The molecule has 2 rings (SSSR count). The van der Waals surface area contributed by atoms with Gasteiger partial charge in [-0.15, -0.1) is 0 Å². The monoisotopic (exact) mass is 286 g/mol. The van der Waals surface area contributed by atoms with E-state index in [0.717, 1.165) is 16.5 Å². The molecular weight excluding hydrogens is 269 g/mol. The van der Waals surface area contributed by atoms with Crippen LogP contribution in [0.2, 0.25) is 0 Å². The third-order valence-corrected chi connectivity index (χ3v) is 3.08. The molecule has 0 bridgehead atoms. The Hall–Kier alpha value is -1.53. The Morgan fingerprint density at radius 2 is 2.00 bits per heavy atom. The van der Waals surface area contributed by atoms with Crippen LogP contribution in [0.25, 0.3) is 10.9 Å². The zero-order valence-electron chi connectivity index (χ0n) is 11.0. The van der Waals surface area contributed by atoms with E-state index >= 15 is 0 Å². The number of aromatic nitrogens is 1. The smallest absolute Gasteiger partial charge is 0.372 e. The van der Waals surface area contributed by atoms with Gasteiger partial charge in [-0.1, -0.05) is 12.1 Å². The number of nitrogens with two attached hydrogens (primary N) is 1. The Bertz CT molecular complexity index is 563. The third kappa shape index (κ3) is 3.74. The van der Waals surface area contributed by atoms with Crippen molar-refractivity contribution in [1.82, 2.24) is 4.57 Å². The van der Waals surface area contributed by atoms with Gasteiger partial charge in [-0.25, -0.2) is 0 Å². The molecule has 0 unspecified atom stereocenters. The molecule has 110 valence electrons. The molecule has 0 saturated carbocycles. The first kappa shape index (κ1) is 14.9. The number of halogens is 3. The normalized spacial score (nSPS) is 12.2. The molecule has 1 heterocycles. The molecule has 20 heavy (non-hydrogen) atoms. The Labute approximate surface area is 115 Å². The number of benzene rings is 1. The molecule has 0 radical (unpaired) electrons. The fraction of sp³-hybridized carbons (Fsp3) is 0.429. The van der Waals surface area contributed by atoms with Gasteiger partial charge in [-0.2, -0.15) is 13.2 Å². The summed E-state index contributed by atoms with van der Waals surface area (Å²) in [6.45, 7) is -0.00204. The molecule has 0 amide bonds. The average molecular weight is 286 g/mol. The molecule has 3 nitrogen and oxygen atoms in total. The van der Waals surface area contributed by atoms with Crippen molar-refractivity contribution in [1.29, 1.82) is 0 Å². The maximum Gasteiger partial charge on any atom is 0.411 e. The quantitative estimate of drug-likeness (QED) is 0.829. The topological polar surface area (TPSA) is 40.2 Å². The summed E-state index contributed by atoms with van der Waals surface area (Å²) < 4.78 is 42.3. The first-order chi connectivity index (χ1) is 9.51. The fourth-order valence-corrected chi connectivity index (χ4v) is 2.18. The molecule has 0 aliphatic heterocycles. The summed E-state index contributed by atoms with van der Waals surface area (Å²) in [5.74, 6) is 0. The minimum Gasteiger partial charge on any atom is -0.372 e. The summed E-state index contributed by atoms with van der Waals surface area (Å²) in [6.07, 6.45) is -1.80. The number of hydrogen-bond acceptors (Lipinski definition) is 2. The van der Waals surface area contributed by atoms with Crippen LogP contribution in [0, 0.1) is 0 Å². The average Bonchev–Trinajstić information content (AvgIpc) is 2.80. The number of nitrogens with zero attached hydrogens (tertiary/aromatic N) is 1. The van der Waals surface area contributed by atoms with E-state index in [4.69, 9.17) is 5.73 Å². The van der Waals surface area contributed by atoms with Gasteiger partial charge in [0.2, 0.25) is 0 Å². The van der Waals surface area contributed by atoms with Gasteiger partial charge < -0.3 is 15.0 Å². The van der Waals surface area contributed by atoms with Crippen LogP contribution in [0.5, 0.6) is 0 Å². The molecule has 1 aromatic heterocycles. The molecule has 0 saturated heterocycles. The van der Waals surface area contributed by atoms with Crippen LogP contribution in [-0.2, 0) is 17.8 Å². The molecule has 0 aliphatic carbocycles. The van der Waals surface area contributed by atoms with Gasteiger partial charge in [-0.3, -0.25) is 0 Å². The van der Waals surface area contributed by atoms with Crippen molar-refractivity contribution in [2.45, 2.75) is 25.7 Å². The van der Waals surface area contributed by atoms with Gasteiger partial charge >= 0.3 is 6.18 Å². The number of rotatable bonds is 6. The lowest BCUT2D eigenvalue weighted by Gasteiger charge is -2.09. The summed E-state index contributed by atoms with van der Waals surface area (Å²) in [5.41, 5.74) is 7.78. The summed E-state index contributed by atoms with van der Waals surface area (Å²) >= 11 is 0. The van der Waals surface area contributed by atoms with Gasteiger partial charge in [0.1, 0.15) is 6.61 Å². The van der Waals surface area contributed by atoms with Crippen molar-refractivity contribution in [2.75, 3.05) is 13.2 Å². The van der Waals surface area contributed by atoms with Gasteiger partial charge in [0, 0.05) is 36.8 Å². The molecule has 0 aliphatic rings. The van der Waals surface area contributed by atoms with Crippen molar-refractivity contribution in [3.8, 4) is 0 Å². The van der Waals surface area contributed by atoms with E-state index in [2.05, 4.69) is 4.74 Å². The van der Waals surface area contributed by atoms with Gasteiger partial charge in [0.05, 0.1) is 0 Å². The van der Waals surface area contributed by atoms with Crippen molar-refractivity contribution >= 4 is 10.9 Å². The van der Waals surface area contributed by atoms with Crippen LogP contribution < -0.4 is 5.73 Å². The molecule has 2 N–H and O–H groups in total. The Kier molecular flexibility index (Phi) is 4.67. The molecule has 1 aromatic carbocycles. The van der Waals surface area contributed by atoms with E-state index in [1.165, 1.54) is 0 Å². The summed E-state index contributed by atoms with van der Waals surface area (Å²) in [6, 6.07) is 7.86. The predicted molar refractivity (Wildman–Crippen MR) is 71.3 cm³/mol. The highest BCUT2D eigenvalue weighted by atomic mass is 19.4. The lowest BCUT2D eigenvalue weighted by molar-refractivity contribution is -0.174. The minimum atomic E-state index is -4.25. The summed E-state index contributed by atoms with van der Waals surface area (Å²) in [5, 5.41) is 1.09. The molecule has 2 aromatic rings. The highest BCUT2D eigenvalue weighted by Crippen LogP contribution is 2.20. The van der Waals surface area contributed by atoms with Crippen molar-refractivity contribution in [3.05, 3.63) is 36.0 Å². The van der Waals surface area contributed by atoms with Gasteiger partial charge in [0.25, 0.3) is 0 Å². The highest BCUT2D eigenvalue weighted by Gasteiger charge is 2.27. The lowest BCUT2D eigenvalue weighted by Crippen LogP contribution is -2.17. The standard InChI is InChI=1S/C14H17F3N2O/c15-14(16,17)10-20-8-2-6-19-7-5-12-11(9-18)3-1-4-13(12)19/h1,3-5,7H,2,6,8-10,18H2. The maximum atomic E-state index is 11.9. The Morgan fingerprint density at radius 3 is 2.70 bits per heavy atom. The maximum absolute atomic E-state index is 11.9. The zero-order chi connectivity index (χ0) is 14.6. The number of hydrogen-bond donors (Lipinski definition) is 1. The molecule has 0 fully saturated rings. The van der Waals surface area contributed by atoms with E-state index < -0.39 is 12.8 Å². The van der Waals surface area contributed by atoms with E-state index in [1.54, 1.807) is 0 Å². The fourth-order valence-electron chi connectivity index (χ4n) is 2.18. The van der Waals surface area contributed by atoms with Crippen LogP contribution in [-0.4, -0.2) is 24.0 Å². The lowest BCUT2D eigenvalue weighted by atomic mass is 10.1. The predicted octanol–water partition coefficient (Wildman–Crippen LogP) is 3.07.